The van der Waals surface area contributed by atoms with Crippen LogP contribution >= 0.6 is 0 Å². The molecule has 2 aromatic rings. The minimum Gasteiger partial charge on any atom is -0.467 e. The van der Waals surface area contributed by atoms with E-state index in [1.54, 1.807) is 12.1 Å². The number of para-hydroxylation sites is 1. The number of aromatic nitrogens is 1. The Morgan fingerprint density at radius 2 is 1.88 bits per heavy atom. The molecule has 1 heterocycles. The number of carbonyl (C=O) groups is 2. The monoisotopic (exact) mass is 355 g/mol. The van der Waals surface area contributed by atoms with Crippen LogP contribution in [0.25, 0.3) is 0 Å². The zero-order valence-corrected chi connectivity index (χ0v) is 15.6. The topological polar surface area (TPSA) is 71.5 Å². The maximum absolute atomic E-state index is 12.5. The highest BCUT2D eigenvalue weighted by Gasteiger charge is 2.27. The number of hydrogen-bond acceptors (Lipinski definition) is 5. The molecule has 0 aliphatic carbocycles. The third-order valence-corrected chi connectivity index (χ3v) is 4.45. The minimum atomic E-state index is -0.677. The molecule has 0 aliphatic rings. The third-order valence-electron chi connectivity index (χ3n) is 4.45. The fourth-order valence-corrected chi connectivity index (χ4v) is 2.52. The number of esters is 1. The molecule has 0 aliphatic heterocycles. The van der Waals surface area contributed by atoms with Gasteiger partial charge >= 0.3 is 5.97 Å². The number of pyridine rings is 1. The maximum atomic E-state index is 12.5. The Bertz CT molecular complexity index is 732. The van der Waals surface area contributed by atoms with Gasteiger partial charge in [0.1, 0.15) is 11.9 Å². The van der Waals surface area contributed by atoms with Gasteiger partial charge in [0, 0.05) is 18.9 Å². The van der Waals surface area contributed by atoms with Crippen molar-refractivity contribution >= 4 is 23.4 Å². The number of methoxy groups -OCH3 is 1. The summed E-state index contributed by atoms with van der Waals surface area (Å²) in [5.41, 5.74) is 1.40. The number of hydrogen-bond donors (Lipinski definition) is 1. The largest absolute Gasteiger partial charge is 0.467 e. The first-order valence-corrected chi connectivity index (χ1v) is 8.61. The molecule has 0 saturated carbocycles. The normalized spacial score (nSPS) is 12.8. The first-order chi connectivity index (χ1) is 12.5. The second kappa shape index (κ2) is 8.99. The van der Waals surface area contributed by atoms with E-state index >= 15 is 0 Å². The summed E-state index contributed by atoms with van der Waals surface area (Å²) in [7, 11) is 3.23. The average molecular weight is 355 g/mol. The van der Waals surface area contributed by atoms with Gasteiger partial charge in [-0.25, -0.2) is 9.78 Å². The van der Waals surface area contributed by atoms with Crippen LogP contribution in [0.4, 0.5) is 11.5 Å². The Labute approximate surface area is 154 Å². The molecule has 6 nitrogen and oxygen atoms in total. The summed E-state index contributed by atoms with van der Waals surface area (Å²) in [5, 5.41) is 2.75. The number of carbonyl (C=O) groups excluding carboxylic acids is 2. The number of nitrogens with zero attached hydrogens (tertiary/aromatic N) is 2. The van der Waals surface area contributed by atoms with Gasteiger partial charge in [0.25, 0.3) is 5.91 Å². The molecule has 138 valence electrons. The van der Waals surface area contributed by atoms with Gasteiger partial charge in [0.15, 0.2) is 0 Å². The van der Waals surface area contributed by atoms with E-state index in [0.29, 0.717) is 5.56 Å². The van der Waals surface area contributed by atoms with Gasteiger partial charge in [-0.1, -0.05) is 38.5 Å². The van der Waals surface area contributed by atoms with Crippen molar-refractivity contribution in [1.82, 2.24) is 10.3 Å². The lowest BCUT2D eigenvalue weighted by Crippen LogP contribution is -2.45. The summed E-state index contributed by atoms with van der Waals surface area (Å²) in [5.74, 6) is -0.0924. The molecule has 0 bridgehead atoms. The quantitative estimate of drug-likeness (QED) is 0.773. The van der Waals surface area contributed by atoms with Gasteiger partial charge in [-0.15, -0.1) is 0 Å². The summed E-state index contributed by atoms with van der Waals surface area (Å²) in [6.07, 6.45) is 2.26. The number of anilines is 2. The summed E-state index contributed by atoms with van der Waals surface area (Å²) >= 11 is 0. The second-order valence-electron chi connectivity index (χ2n) is 6.16. The molecule has 2 unspecified atom stereocenters. The lowest BCUT2D eigenvalue weighted by Gasteiger charge is -2.22. The third kappa shape index (κ3) is 4.59. The van der Waals surface area contributed by atoms with Crippen LogP contribution in [0.5, 0.6) is 0 Å². The molecule has 0 radical (unpaired) electrons. The van der Waals surface area contributed by atoms with Crippen molar-refractivity contribution in [2.24, 2.45) is 5.92 Å². The zero-order valence-electron chi connectivity index (χ0n) is 15.6. The Kier molecular flexibility index (Phi) is 6.72. The predicted octanol–water partition coefficient (Wildman–Crippen LogP) is 3.17. The van der Waals surface area contributed by atoms with E-state index < -0.39 is 12.0 Å². The maximum Gasteiger partial charge on any atom is 0.328 e. The second-order valence-corrected chi connectivity index (χ2v) is 6.16. The van der Waals surface area contributed by atoms with Crippen LogP contribution in [0, 0.1) is 5.92 Å². The van der Waals surface area contributed by atoms with Crippen molar-refractivity contribution in [3.63, 3.8) is 0 Å². The van der Waals surface area contributed by atoms with Crippen LogP contribution in [-0.4, -0.2) is 37.1 Å². The molecule has 0 fully saturated rings. The van der Waals surface area contributed by atoms with E-state index in [9.17, 15) is 9.59 Å². The highest BCUT2D eigenvalue weighted by Crippen LogP contribution is 2.21. The van der Waals surface area contributed by atoms with E-state index in [2.05, 4.69) is 10.3 Å². The first kappa shape index (κ1) is 19.4. The lowest BCUT2D eigenvalue weighted by atomic mass is 9.99. The molecule has 1 aromatic carbocycles. The molecule has 26 heavy (non-hydrogen) atoms. The Morgan fingerprint density at radius 1 is 1.19 bits per heavy atom. The van der Waals surface area contributed by atoms with Crippen molar-refractivity contribution in [3.8, 4) is 0 Å². The van der Waals surface area contributed by atoms with E-state index in [1.807, 2.05) is 56.1 Å². The predicted molar refractivity (Wildman–Crippen MR) is 101 cm³/mol. The number of ether oxygens (including phenoxy) is 1. The average Bonchev–Trinajstić information content (AvgIpc) is 2.70. The van der Waals surface area contributed by atoms with E-state index in [4.69, 9.17) is 4.74 Å². The number of amides is 1. The molecule has 0 saturated heterocycles. The number of rotatable bonds is 7. The van der Waals surface area contributed by atoms with Gasteiger partial charge in [-0.2, -0.15) is 0 Å². The highest BCUT2D eigenvalue weighted by atomic mass is 16.5. The molecule has 1 N–H and O–H groups in total. The van der Waals surface area contributed by atoms with Crippen LogP contribution in [0.1, 0.15) is 30.6 Å². The summed E-state index contributed by atoms with van der Waals surface area (Å²) in [6.45, 7) is 3.86. The lowest BCUT2D eigenvalue weighted by molar-refractivity contribution is -0.144. The highest BCUT2D eigenvalue weighted by molar-refractivity contribution is 5.96. The van der Waals surface area contributed by atoms with Crippen LogP contribution < -0.4 is 10.2 Å². The van der Waals surface area contributed by atoms with Gasteiger partial charge in [0.05, 0.1) is 12.7 Å². The fourth-order valence-electron chi connectivity index (χ4n) is 2.52. The Hall–Kier alpha value is -2.89. The summed E-state index contributed by atoms with van der Waals surface area (Å²) in [4.78, 5) is 30.7. The fraction of sp³-hybridized carbons (Fsp3) is 0.350. The van der Waals surface area contributed by atoms with Crippen molar-refractivity contribution < 1.29 is 14.3 Å². The molecule has 6 heteroatoms. The molecule has 1 aromatic heterocycles. The number of nitrogens with one attached hydrogen (secondary N) is 1. The van der Waals surface area contributed by atoms with Crippen LogP contribution in [0.15, 0.2) is 48.7 Å². The van der Waals surface area contributed by atoms with Crippen LogP contribution in [0.3, 0.4) is 0 Å². The smallest absolute Gasteiger partial charge is 0.328 e. The Balaban J connectivity index is 2.11. The standard InChI is InChI=1S/C20H25N3O3/c1-5-14(2)18(20(25)26-4)22-19(24)15-11-12-17(21-13-15)23(3)16-9-7-6-8-10-16/h6-14,18H,5H2,1-4H3,(H,22,24). The van der Waals surface area contributed by atoms with Gasteiger partial charge < -0.3 is 15.0 Å². The van der Waals surface area contributed by atoms with Crippen LogP contribution in [0.2, 0.25) is 0 Å². The molecular formula is C20H25N3O3. The van der Waals surface area contributed by atoms with E-state index in [1.165, 1.54) is 13.3 Å². The summed E-state index contributed by atoms with van der Waals surface area (Å²) < 4.78 is 4.80. The van der Waals surface area contributed by atoms with E-state index in [-0.39, 0.29) is 11.8 Å². The Morgan fingerprint density at radius 3 is 2.42 bits per heavy atom. The van der Waals surface area contributed by atoms with Crippen molar-refractivity contribution in [3.05, 3.63) is 54.2 Å². The molecule has 1 amide bonds. The van der Waals surface area contributed by atoms with E-state index in [0.717, 1.165) is 17.9 Å². The van der Waals surface area contributed by atoms with Gasteiger partial charge in [-0.3, -0.25) is 4.79 Å². The van der Waals surface area contributed by atoms with Crippen LogP contribution in [-0.2, 0) is 9.53 Å². The SMILES string of the molecule is CCC(C)C(NC(=O)c1ccc(N(C)c2ccccc2)nc1)C(=O)OC. The van der Waals surface area contributed by atoms with Crippen molar-refractivity contribution in [2.75, 3.05) is 19.1 Å². The van der Waals surface area contributed by atoms with Crippen molar-refractivity contribution in [1.29, 1.82) is 0 Å². The molecule has 2 rings (SSSR count). The van der Waals surface area contributed by atoms with Gasteiger partial charge in [0.2, 0.25) is 0 Å². The van der Waals surface area contributed by atoms with Gasteiger partial charge in [-0.05, 0) is 30.2 Å². The number of benzene rings is 1. The van der Waals surface area contributed by atoms with Crippen molar-refractivity contribution in [2.45, 2.75) is 26.3 Å². The zero-order chi connectivity index (χ0) is 19.1. The molecular weight excluding hydrogens is 330 g/mol. The minimum absolute atomic E-state index is 0.0251. The first-order valence-electron chi connectivity index (χ1n) is 8.61. The summed E-state index contributed by atoms with van der Waals surface area (Å²) in [6, 6.07) is 12.6. The molecule has 2 atom stereocenters. The molecule has 0 spiro atoms.